The van der Waals surface area contributed by atoms with Crippen molar-refractivity contribution >= 4 is 16.9 Å². The summed E-state index contributed by atoms with van der Waals surface area (Å²) in [5, 5.41) is 0.832. The van der Waals surface area contributed by atoms with Crippen molar-refractivity contribution in [2.45, 2.75) is 6.42 Å². The molecule has 1 amide bonds. The monoisotopic (exact) mass is 292 g/mol. The van der Waals surface area contributed by atoms with Crippen molar-refractivity contribution < 1.29 is 9.21 Å². The summed E-state index contributed by atoms with van der Waals surface area (Å²) in [5.74, 6) is -0.534. The molecular weight excluding hydrogens is 276 g/mol. The van der Waals surface area contributed by atoms with Gasteiger partial charge in [0.05, 0.1) is 0 Å². The molecule has 0 fully saturated rings. The molecule has 0 aliphatic rings. The van der Waals surface area contributed by atoms with E-state index in [2.05, 4.69) is 4.99 Å². The SMILES string of the molecule is NC(=O)c1cc2ccccc2oc1=NCCc1ccccc1. The van der Waals surface area contributed by atoms with Crippen LogP contribution in [0.15, 0.2) is 70.1 Å². The van der Waals surface area contributed by atoms with Gasteiger partial charge < -0.3 is 10.2 Å². The minimum absolute atomic E-state index is 0.294. The topological polar surface area (TPSA) is 68.6 Å². The van der Waals surface area contributed by atoms with E-state index in [1.54, 1.807) is 6.07 Å². The van der Waals surface area contributed by atoms with E-state index in [0.717, 1.165) is 11.8 Å². The van der Waals surface area contributed by atoms with Gasteiger partial charge in [-0.25, -0.2) is 0 Å². The van der Waals surface area contributed by atoms with Gasteiger partial charge >= 0.3 is 0 Å². The van der Waals surface area contributed by atoms with Crippen molar-refractivity contribution in [2.24, 2.45) is 10.7 Å². The lowest BCUT2D eigenvalue weighted by Gasteiger charge is -2.02. The van der Waals surface area contributed by atoms with E-state index in [9.17, 15) is 4.79 Å². The number of amides is 1. The summed E-state index contributed by atoms with van der Waals surface area (Å²) in [4.78, 5) is 16.0. The minimum atomic E-state index is -0.534. The summed E-state index contributed by atoms with van der Waals surface area (Å²) >= 11 is 0. The molecule has 0 atom stereocenters. The first-order valence-electron chi connectivity index (χ1n) is 7.11. The van der Waals surface area contributed by atoms with Gasteiger partial charge in [-0.3, -0.25) is 9.79 Å². The molecule has 0 radical (unpaired) electrons. The van der Waals surface area contributed by atoms with Crippen molar-refractivity contribution in [3.63, 3.8) is 0 Å². The van der Waals surface area contributed by atoms with E-state index >= 15 is 0 Å². The summed E-state index contributed by atoms with van der Waals surface area (Å²) in [5.41, 5.74) is 7.91. The molecular formula is C18H16N2O2. The number of carbonyl (C=O) groups is 1. The Balaban J connectivity index is 1.95. The van der Waals surface area contributed by atoms with Gasteiger partial charge in [0.25, 0.3) is 5.91 Å². The summed E-state index contributed by atoms with van der Waals surface area (Å²) in [6.45, 7) is 0.534. The van der Waals surface area contributed by atoms with Crippen molar-refractivity contribution in [2.75, 3.05) is 6.54 Å². The van der Waals surface area contributed by atoms with E-state index < -0.39 is 5.91 Å². The fourth-order valence-corrected chi connectivity index (χ4v) is 2.29. The molecule has 0 saturated heterocycles. The van der Waals surface area contributed by atoms with Crippen LogP contribution in [0.4, 0.5) is 0 Å². The number of hydrogen-bond donors (Lipinski definition) is 1. The average Bonchev–Trinajstić information content (AvgIpc) is 2.55. The van der Waals surface area contributed by atoms with E-state index in [1.807, 2.05) is 54.6 Å². The third kappa shape index (κ3) is 3.06. The van der Waals surface area contributed by atoms with Crippen molar-refractivity contribution in [3.8, 4) is 0 Å². The summed E-state index contributed by atoms with van der Waals surface area (Å²) in [6, 6.07) is 19.2. The van der Waals surface area contributed by atoms with Crippen LogP contribution in [0.2, 0.25) is 0 Å². The molecule has 0 bridgehead atoms. The van der Waals surface area contributed by atoms with Crippen LogP contribution in [0.5, 0.6) is 0 Å². The molecule has 3 rings (SSSR count). The highest BCUT2D eigenvalue weighted by molar-refractivity contribution is 5.95. The van der Waals surface area contributed by atoms with E-state index in [-0.39, 0.29) is 0 Å². The molecule has 3 aromatic rings. The van der Waals surface area contributed by atoms with Crippen LogP contribution in [0, 0.1) is 0 Å². The number of nitrogens with zero attached hydrogens (tertiary/aromatic N) is 1. The third-order valence-corrected chi connectivity index (χ3v) is 3.42. The Morgan fingerprint density at radius 3 is 2.55 bits per heavy atom. The third-order valence-electron chi connectivity index (χ3n) is 3.42. The lowest BCUT2D eigenvalue weighted by Crippen LogP contribution is -2.22. The van der Waals surface area contributed by atoms with Crippen LogP contribution in [-0.2, 0) is 6.42 Å². The first kappa shape index (κ1) is 14.1. The van der Waals surface area contributed by atoms with Crippen LogP contribution >= 0.6 is 0 Å². The zero-order valence-corrected chi connectivity index (χ0v) is 12.0. The fourth-order valence-electron chi connectivity index (χ4n) is 2.29. The van der Waals surface area contributed by atoms with Gasteiger partial charge in [-0.2, -0.15) is 0 Å². The fraction of sp³-hybridized carbons (Fsp3) is 0.111. The molecule has 22 heavy (non-hydrogen) atoms. The Hall–Kier alpha value is -2.88. The molecule has 4 heteroatoms. The molecule has 4 nitrogen and oxygen atoms in total. The molecule has 1 aromatic heterocycles. The van der Waals surface area contributed by atoms with Crippen LogP contribution in [-0.4, -0.2) is 12.5 Å². The number of nitrogens with two attached hydrogens (primary N) is 1. The van der Waals surface area contributed by atoms with Crippen LogP contribution in [0.3, 0.4) is 0 Å². The number of hydrogen-bond acceptors (Lipinski definition) is 3. The van der Waals surface area contributed by atoms with Gasteiger partial charge in [-0.05, 0) is 24.1 Å². The number of para-hydroxylation sites is 1. The quantitative estimate of drug-likeness (QED) is 0.803. The minimum Gasteiger partial charge on any atom is -0.438 e. The lowest BCUT2D eigenvalue weighted by atomic mass is 10.1. The summed E-state index contributed by atoms with van der Waals surface area (Å²) in [7, 11) is 0. The molecule has 0 aliphatic carbocycles. The van der Waals surface area contributed by atoms with Gasteiger partial charge in [0.15, 0.2) is 0 Å². The Bertz CT molecular complexity index is 867. The summed E-state index contributed by atoms with van der Waals surface area (Å²) in [6.07, 6.45) is 0.779. The highest BCUT2D eigenvalue weighted by atomic mass is 16.3. The van der Waals surface area contributed by atoms with Gasteiger partial charge in [0.1, 0.15) is 11.1 Å². The van der Waals surface area contributed by atoms with Gasteiger partial charge in [0, 0.05) is 11.9 Å². The van der Waals surface area contributed by atoms with E-state index in [1.165, 1.54) is 5.56 Å². The van der Waals surface area contributed by atoms with Crippen LogP contribution in [0.25, 0.3) is 11.0 Å². The van der Waals surface area contributed by atoms with Crippen molar-refractivity contribution in [1.29, 1.82) is 0 Å². The maximum absolute atomic E-state index is 11.6. The predicted molar refractivity (Wildman–Crippen MR) is 85.3 cm³/mol. The van der Waals surface area contributed by atoms with Crippen molar-refractivity contribution in [3.05, 3.63) is 77.3 Å². The van der Waals surface area contributed by atoms with Gasteiger partial charge in [0.2, 0.25) is 5.55 Å². The highest BCUT2D eigenvalue weighted by Gasteiger charge is 2.08. The largest absolute Gasteiger partial charge is 0.438 e. The zero-order valence-electron chi connectivity index (χ0n) is 12.0. The number of carbonyl (C=O) groups excluding carboxylic acids is 1. The maximum atomic E-state index is 11.6. The van der Waals surface area contributed by atoms with E-state index in [4.69, 9.17) is 10.2 Å². The molecule has 0 spiro atoms. The lowest BCUT2D eigenvalue weighted by molar-refractivity contribution is 0.0996. The first-order valence-corrected chi connectivity index (χ1v) is 7.11. The maximum Gasteiger partial charge on any atom is 0.254 e. The molecule has 0 aliphatic heterocycles. The number of fused-ring (bicyclic) bond motifs is 1. The second-order valence-corrected chi connectivity index (χ2v) is 4.98. The standard InChI is InChI=1S/C18H16N2O2/c19-17(21)15-12-14-8-4-5-9-16(14)22-18(15)20-11-10-13-6-2-1-3-7-13/h1-9,12H,10-11H2,(H2,19,21). The number of benzene rings is 2. The Labute approximate surface area is 127 Å². The Morgan fingerprint density at radius 2 is 1.77 bits per heavy atom. The molecule has 2 aromatic carbocycles. The normalized spacial score (nSPS) is 11.7. The summed E-state index contributed by atoms with van der Waals surface area (Å²) < 4.78 is 5.72. The number of primary amides is 1. The zero-order chi connectivity index (χ0) is 15.4. The van der Waals surface area contributed by atoms with Crippen LogP contribution < -0.4 is 11.3 Å². The average molecular weight is 292 g/mol. The second kappa shape index (κ2) is 6.26. The van der Waals surface area contributed by atoms with Gasteiger partial charge in [-0.1, -0.05) is 48.5 Å². The van der Waals surface area contributed by atoms with Gasteiger partial charge in [-0.15, -0.1) is 0 Å². The van der Waals surface area contributed by atoms with Crippen LogP contribution in [0.1, 0.15) is 15.9 Å². The van der Waals surface area contributed by atoms with E-state index in [0.29, 0.717) is 23.2 Å². The molecule has 0 unspecified atom stereocenters. The Morgan fingerprint density at radius 1 is 1.05 bits per heavy atom. The van der Waals surface area contributed by atoms with Crippen molar-refractivity contribution in [1.82, 2.24) is 0 Å². The molecule has 1 heterocycles. The smallest absolute Gasteiger partial charge is 0.254 e. The predicted octanol–water partition coefficient (Wildman–Crippen LogP) is 2.68. The molecule has 0 saturated carbocycles. The molecule has 2 N–H and O–H groups in total. The second-order valence-electron chi connectivity index (χ2n) is 4.98. The molecule has 110 valence electrons. The highest BCUT2D eigenvalue weighted by Crippen LogP contribution is 2.12. The number of rotatable bonds is 4. The Kier molecular flexibility index (Phi) is 4.01. The first-order chi connectivity index (χ1) is 10.7.